The molecular formula is C19H23ClN4O2. The molecule has 2 aromatic rings. The number of carbonyl (C=O) groups is 1. The first-order valence-electron chi connectivity index (χ1n) is 8.68. The number of anilines is 1. The Kier molecular flexibility index (Phi) is 5.93. The highest BCUT2D eigenvalue weighted by Gasteiger charge is 2.29. The van der Waals surface area contributed by atoms with Crippen molar-refractivity contribution in [1.29, 1.82) is 0 Å². The number of piperidine rings is 1. The van der Waals surface area contributed by atoms with Crippen molar-refractivity contribution in [1.82, 2.24) is 14.9 Å². The summed E-state index contributed by atoms with van der Waals surface area (Å²) in [6.45, 7) is 1.97. The zero-order chi connectivity index (χ0) is 18.5. The number of benzene rings is 1. The minimum atomic E-state index is -0.0669. The third kappa shape index (κ3) is 4.25. The van der Waals surface area contributed by atoms with Gasteiger partial charge in [-0.05, 0) is 37.1 Å². The van der Waals surface area contributed by atoms with Crippen molar-refractivity contribution in [2.75, 3.05) is 32.1 Å². The van der Waals surface area contributed by atoms with Crippen molar-refractivity contribution in [3.63, 3.8) is 0 Å². The van der Waals surface area contributed by atoms with Gasteiger partial charge < -0.3 is 14.5 Å². The normalized spacial score (nSPS) is 17.0. The molecule has 1 atom stereocenters. The Morgan fingerprint density at radius 2 is 2.15 bits per heavy atom. The Balaban J connectivity index is 1.67. The summed E-state index contributed by atoms with van der Waals surface area (Å²) in [6, 6.07) is 7.24. The minimum Gasteiger partial charge on any atom is -0.496 e. The van der Waals surface area contributed by atoms with E-state index in [1.807, 2.05) is 19.2 Å². The molecule has 1 aromatic heterocycles. The molecule has 1 amide bonds. The number of aromatic nitrogens is 2. The predicted molar refractivity (Wildman–Crippen MR) is 101 cm³/mol. The number of ether oxygens (including phenoxy) is 1. The second kappa shape index (κ2) is 8.36. The highest BCUT2D eigenvalue weighted by atomic mass is 35.5. The summed E-state index contributed by atoms with van der Waals surface area (Å²) in [7, 11) is 3.44. The van der Waals surface area contributed by atoms with E-state index in [1.54, 1.807) is 36.5 Å². The van der Waals surface area contributed by atoms with E-state index >= 15 is 0 Å². The summed E-state index contributed by atoms with van der Waals surface area (Å²) in [5, 5.41) is 0.631. The molecule has 1 saturated heterocycles. The van der Waals surface area contributed by atoms with Crippen molar-refractivity contribution in [2.24, 2.45) is 5.92 Å². The molecule has 0 radical (unpaired) electrons. The molecular weight excluding hydrogens is 352 g/mol. The Hall–Kier alpha value is -2.34. The van der Waals surface area contributed by atoms with Crippen molar-refractivity contribution < 1.29 is 9.53 Å². The van der Waals surface area contributed by atoms with E-state index in [2.05, 4.69) is 14.9 Å². The van der Waals surface area contributed by atoms with Gasteiger partial charge in [-0.2, -0.15) is 0 Å². The quantitative estimate of drug-likeness (QED) is 0.805. The second-order valence-electron chi connectivity index (χ2n) is 6.48. The van der Waals surface area contributed by atoms with Crippen LogP contribution in [0.3, 0.4) is 0 Å². The van der Waals surface area contributed by atoms with Crippen LogP contribution in [0.2, 0.25) is 5.02 Å². The summed E-state index contributed by atoms with van der Waals surface area (Å²) >= 11 is 6.09. The first-order valence-corrected chi connectivity index (χ1v) is 9.05. The van der Waals surface area contributed by atoms with E-state index in [0.717, 1.165) is 30.7 Å². The molecule has 0 aliphatic carbocycles. The first-order chi connectivity index (χ1) is 12.6. The third-order valence-corrected chi connectivity index (χ3v) is 4.87. The number of amides is 1. The van der Waals surface area contributed by atoms with Crippen molar-refractivity contribution in [3.05, 3.63) is 47.2 Å². The Morgan fingerprint density at radius 1 is 1.38 bits per heavy atom. The molecule has 7 heteroatoms. The molecule has 3 rings (SSSR count). The van der Waals surface area contributed by atoms with Crippen LogP contribution in [0.15, 0.2) is 36.7 Å². The maximum absolute atomic E-state index is 12.9. The van der Waals surface area contributed by atoms with E-state index in [4.69, 9.17) is 16.3 Å². The molecule has 2 heterocycles. The average Bonchev–Trinajstić information content (AvgIpc) is 2.68. The first kappa shape index (κ1) is 18.5. The molecule has 1 fully saturated rings. The third-order valence-electron chi connectivity index (χ3n) is 4.63. The van der Waals surface area contributed by atoms with E-state index < -0.39 is 0 Å². The molecule has 1 aliphatic heterocycles. The van der Waals surface area contributed by atoms with Gasteiger partial charge in [-0.3, -0.25) is 4.79 Å². The molecule has 0 saturated carbocycles. The van der Waals surface area contributed by atoms with Crippen LogP contribution < -0.4 is 9.64 Å². The highest BCUT2D eigenvalue weighted by molar-refractivity contribution is 6.30. The lowest BCUT2D eigenvalue weighted by Crippen LogP contribution is -2.44. The summed E-state index contributed by atoms with van der Waals surface area (Å²) in [5.41, 5.74) is 0.898. The van der Waals surface area contributed by atoms with Crippen LogP contribution in [0.25, 0.3) is 0 Å². The molecule has 1 unspecified atom stereocenters. The van der Waals surface area contributed by atoms with E-state index in [9.17, 15) is 4.79 Å². The highest BCUT2D eigenvalue weighted by Crippen LogP contribution is 2.26. The number of nitrogens with zero attached hydrogens (tertiary/aromatic N) is 4. The number of hydrogen-bond acceptors (Lipinski definition) is 5. The summed E-state index contributed by atoms with van der Waals surface area (Å²) < 4.78 is 5.38. The SMILES string of the molecule is COc1ccc(Cl)cc1CN(C)C(=O)C1CCCN(c2ncccn2)C1. The molecule has 1 aromatic carbocycles. The molecule has 138 valence electrons. The fraction of sp³-hybridized carbons (Fsp3) is 0.421. The zero-order valence-electron chi connectivity index (χ0n) is 15.1. The largest absolute Gasteiger partial charge is 0.496 e. The molecule has 0 N–H and O–H groups in total. The minimum absolute atomic E-state index is 0.0669. The summed E-state index contributed by atoms with van der Waals surface area (Å²) in [4.78, 5) is 25.4. The van der Waals surface area contributed by atoms with Crippen LogP contribution in [0.5, 0.6) is 5.75 Å². The van der Waals surface area contributed by atoms with Gasteiger partial charge in [-0.15, -0.1) is 0 Å². The van der Waals surface area contributed by atoms with Crippen molar-refractivity contribution in [3.8, 4) is 5.75 Å². The van der Waals surface area contributed by atoms with Crippen LogP contribution in [0.1, 0.15) is 18.4 Å². The maximum atomic E-state index is 12.9. The lowest BCUT2D eigenvalue weighted by molar-refractivity contribution is -0.135. The lowest BCUT2D eigenvalue weighted by Gasteiger charge is -2.34. The fourth-order valence-corrected chi connectivity index (χ4v) is 3.53. The van der Waals surface area contributed by atoms with E-state index in [1.165, 1.54) is 0 Å². The smallest absolute Gasteiger partial charge is 0.227 e. The number of halogens is 1. The predicted octanol–water partition coefficient (Wildman–Crippen LogP) is 3.01. The summed E-state index contributed by atoms with van der Waals surface area (Å²) in [6.07, 6.45) is 5.28. The van der Waals surface area contributed by atoms with Gasteiger partial charge in [0, 0.05) is 49.7 Å². The number of carbonyl (C=O) groups excluding carboxylic acids is 1. The number of rotatable bonds is 5. The Morgan fingerprint density at radius 3 is 2.88 bits per heavy atom. The fourth-order valence-electron chi connectivity index (χ4n) is 3.33. The molecule has 1 aliphatic rings. The molecule has 6 nitrogen and oxygen atoms in total. The van der Waals surface area contributed by atoms with E-state index in [-0.39, 0.29) is 11.8 Å². The van der Waals surface area contributed by atoms with Gasteiger partial charge in [0.15, 0.2) is 0 Å². The zero-order valence-corrected chi connectivity index (χ0v) is 15.8. The van der Waals surface area contributed by atoms with Crippen LogP contribution >= 0.6 is 11.6 Å². The van der Waals surface area contributed by atoms with Gasteiger partial charge in [0.1, 0.15) is 5.75 Å². The van der Waals surface area contributed by atoms with Gasteiger partial charge in [-0.1, -0.05) is 11.6 Å². The maximum Gasteiger partial charge on any atom is 0.227 e. The van der Waals surface area contributed by atoms with Crippen LogP contribution in [-0.4, -0.2) is 48.0 Å². The van der Waals surface area contributed by atoms with Crippen LogP contribution in [0, 0.1) is 5.92 Å². The van der Waals surface area contributed by atoms with Crippen molar-refractivity contribution >= 4 is 23.5 Å². The monoisotopic (exact) mass is 374 g/mol. The van der Waals surface area contributed by atoms with Gasteiger partial charge in [-0.25, -0.2) is 9.97 Å². The Labute approximate surface area is 158 Å². The molecule has 0 spiro atoms. The topological polar surface area (TPSA) is 58.6 Å². The number of hydrogen-bond donors (Lipinski definition) is 0. The summed E-state index contributed by atoms with van der Waals surface area (Å²) in [5.74, 6) is 1.47. The van der Waals surface area contributed by atoms with Crippen LogP contribution in [0.4, 0.5) is 5.95 Å². The van der Waals surface area contributed by atoms with E-state index in [0.29, 0.717) is 24.1 Å². The second-order valence-corrected chi connectivity index (χ2v) is 6.92. The average molecular weight is 375 g/mol. The van der Waals surface area contributed by atoms with Gasteiger partial charge in [0.25, 0.3) is 0 Å². The standard InChI is InChI=1S/C19H23ClN4O2/c1-23(12-15-11-16(20)6-7-17(15)26-2)18(25)14-5-3-10-24(13-14)19-21-8-4-9-22-19/h4,6-9,11,14H,3,5,10,12-13H2,1-2H3. The molecule has 26 heavy (non-hydrogen) atoms. The molecule has 0 bridgehead atoms. The van der Waals surface area contributed by atoms with Gasteiger partial charge in [0.05, 0.1) is 13.0 Å². The van der Waals surface area contributed by atoms with Gasteiger partial charge in [0.2, 0.25) is 11.9 Å². The number of methoxy groups -OCH3 is 1. The Bertz CT molecular complexity index is 756. The van der Waals surface area contributed by atoms with Crippen LogP contribution in [-0.2, 0) is 11.3 Å². The van der Waals surface area contributed by atoms with Crippen molar-refractivity contribution in [2.45, 2.75) is 19.4 Å². The van der Waals surface area contributed by atoms with Gasteiger partial charge >= 0.3 is 0 Å². The lowest BCUT2D eigenvalue weighted by atomic mass is 9.96.